The summed E-state index contributed by atoms with van der Waals surface area (Å²) >= 11 is 0. The highest BCUT2D eigenvalue weighted by Gasteiger charge is 2.23. The molecule has 0 fully saturated rings. The Hall–Kier alpha value is -3.27. The minimum atomic E-state index is -0.501. The second-order valence-corrected chi connectivity index (χ2v) is 5.82. The number of benzene rings is 3. The van der Waals surface area contributed by atoms with Crippen molar-refractivity contribution in [1.82, 2.24) is 0 Å². The fourth-order valence-corrected chi connectivity index (χ4v) is 3.14. The molecule has 4 heteroatoms. The number of carbonyl (C=O) groups is 1. The SMILES string of the molecule is C[n+]1c2ccccc2c(C(=O)Oc2cccc(F)c2)c2ccccc21. The summed E-state index contributed by atoms with van der Waals surface area (Å²) < 4.78 is 20.9. The molecule has 0 radical (unpaired) electrons. The van der Waals surface area contributed by atoms with Crippen molar-refractivity contribution < 1.29 is 18.5 Å². The van der Waals surface area contributed by atoms with Gasteiger partial charge in [-0.1, -0.05) is 30.3 Å². The lowest BCUT2D eigenvalue weighted by atomic mass is 10.0. The summed E-state index contributed by atoms with van der Waals surface area (Å²) in [4.78, 5) is 12.9. The van der Waals surface area contributed by atoms with Crippen LogP contribution in [0.25, 0.3) is 21.8 Å². The maximum atomic E-state index is 13.4. The number of nitrogens with zero attached hydrogens (tertiary/aromatic N) is 1. The van der Waals surface area contributed by atoms with Gasteiger partial charge in [-0.05, 0) is 24.3 Å². The lowest BCUT2D eigenvalue weighted by Gasteiger charge is -2.10. The molecule has 0 N–H and O–H groups in total. The summed E-state index contributed by atoms with van der Waals surface area (Å²) in [5, 5.41) is 1.59. The summed E-state index contributed by atoms with van der Waals surface area (Å²) in [6.45, 7) is 0. The van der Waals surface area contributed by atoms with Gasteiger partial charge in [0, 0.05) is 18.2 Å². The molecule has 0 aliphatic heterocycles. The van der Waals surface area contributed by atoms with Crippen LogP contribution >= 0.6 is 0 Å². The molecule has 0 saturated carbocycles. The van der Waals surface area contributed by atoms with Gasteiger partial charge in [0.1, 0.15) is 18.6 Å². The lowest BCUT2D eigenvalue weighted by Crippen LogP contribution is -2.31. The molecule has 4 aromatic rings. The normalized spacial score (nSPS) is 11.0. The summed E-state index contributed by atoms with van der Waals surface area (Å²) in [6.07, 6.45) is 0. The minimum absolute atomic E-state index is 0.186. The number of fused-ring (bicyclic) bond motifs is 2. The quantitative estimate of drug-likeness (QED) is 0.239. The number of halogens is 1. The Morgan fingerprint density at radius 1 is 0.880 bits per heavy atom. The number of ether oxygens (including phenoxy) is 1. The van der Waals surface area contributed by atoms with Crippen LogP contribution in [0.3, 0.4) is 0 Å². The Bertz CT molecular complexity index is 1060. The van der Waals surface area contributed by atoms with Crippen LogP contribution in [0.4, 0.5) is 4.39 Å². The van der Waals surface area contributed by atoms with Gasteiger partial charge in [-0.25, -0.2) is 9.18 Å². The smallest absolute Gasteiger partial charge is 0.345 e. The van der Waals surface area contributed by atoms with Gasteiger partial charge in [0.2, 0.25) is 11.0 Å². The van der Waals surface area contributed by atoms with E-state index in [0.29, 0.717) is 5.56 Å². The molecular weight excluding hydrogens is 317 g/mol. The topological polar surface area (TPSA) is 30.2 Å². The molecular formula is C21H15FNO2+. The number of carbonyl (C=O) groups excluding carboxylic acids is 1. The summed E-state index contributed by atoms with van der Waals surface area (Å²) in [5.74, 6) is -0.760. The zero-order valence-corrected chi connectivity index (χ0v) is 13.6. The van der Waals surface area contributed by atoms with Crippen LogP contribution in [0.15, 0.2) is 72.8 Å². The van der Waals surface area contributed by atoms with E-state index in [0.717, 1.165) is 21.8 Å². The standard InChI is InChI=1S/C21H15FNO2/c1-23-18-11-4-2-9-16(18)20(17-10-3-5-12-19(17)23)21(24)25-15-8-6-7-14(22)13-15/h2-13H,1H3/q+1. The fourth-order valence-electron chi connectivity index (χ4n) is 3.14. The second kappa shape index (κ2) is 5.98. The molecule has 0 aliphatic rings. The van der Waals surface area contributed by atoms with Crippen molar-refractivity contribution in [3.05, 3.63) is 84.2 Å². The maximum absolute atomic E-state index is 13.4. The van der Waals surface area contributed by atoms with Crippen molar-refractivity contribution in [1.29, 1.82) is 0 Å². The van der Waals surface area contributed by atoms with E-state index in [-0.39, 0.29) is 5.75 Å². The van der Waals surface area contributed by atoms with E-state index in [1.54, 1.807) is 6.07 Å². The molecule has 4 rings (SSSR count). The molecule has 0 spiro atoms. The minimum Gasteiger partial charge on any atom is -0.423 e. The van der Waals surface area contributed by atoms with Crippen molar-refractivity contribution in [3.63, 3.8) is 0 Å². The fraction of sp³-hybridized carbons (Fsp3) is 0.0476. The number of pyridine rings is 1. The molecule has 3 nitrogen and oxygen atoms in total. The summed E-state index contributed by atoms with van der Waals surface area (Å²) in [6, 6.07) is 20.9. The van der Waals surface area contributed by atoms with Gasteiger partial charge in [0.05, 0.1) is 16.3 Å². The Kier molecular flexibility index (Phi) is 3.65. The van der Waals surface area contributed by atoms with Crippen LogP contribution in [-0.2, 0) is 7.05 Å². The third kappa shape index (κ3) is 2.62. The first-order valence-electron chi connectivity index (χ1n) is 7.92. The van der Waals surface area contributed by atoms with Gasteiger partial charge in [0.25, 0.3) is 0 Å². The molecule has 0 atom stereocenters. The van der Waals surface area contributed by atoms with E-state index in [1.165, 1.54) is 18.2 Å². The van der Waals surface area contributed by atoms with Gasteiger partial charge in [0.15, 0.2) is 0 Å². The third-order valence-electron chi connectivity index (χ3n) is 4.28. The first-order chi connectivity index (χ1) is 12.1. The van der Waals surface area contributed by atoms with Crippen molar-refractivity contribution in [2.75, 3.05) is 0 Å². The zero-order chi connectivity index (χ0) is 17.4. The molecule has 1 aromatic heterocycles. The van der Waals surface area contributed by atoms with Crippen molar-refractivity contribution in [2.45, 2.75) is 0 Å². The second-order valence-electron chi connectivity index (χ2n) is 5.82. The molecule has 25 heavy (non-hydrogen) atoms. The molecule has 0 aliphatic carbocycles. The highest BCUT2D eigenvalue weighted by molar-refractivity contribution is 6.13. The Morgan fingerprint density at radius 2 is 1.48 bits per heavy atom. The number of aryl methyl sites for hydroxylation is 1. The lowest BCUT2D eigenvalue weighted by molar-refractivity contribution is -0.617. The average Bonchev–Trinajstić information content (AvgIpc) is 2.62. The van der Waals surface area contributed by atoms with Crippen LogP contribution in [-0.4, -0.2) is 5.97 Å². The molecule has 3 aromatic carbocycles. The number of para-hydroxylation sites is 2. The van der Waals surface area contributed by atoms with Crippen LogP contribution < -0.4 is 9.30 Å². The van der Waals surface area contributed by atoms with Crippen LogP contribution in [0.5, 0.6) is 5.75 Å². The van der Waals surface area contributed by atoms with E-state index >= 15 is 0 Å². The Balaban J connectivity index is 1.95. The first-order valence-corrected chi connectivity index (χ1v) is 7.92. The van der Waals surface area contributed by atoms with Crippen molar-refractivity contribution >= 4 is 27.8 Å². The van der Waals surface area contributed by atoms with Gasteiger partial charge in [-0.3, -0.25) is 0 Å². The third-order valence-corrected chi connectivity index (χ3v) is 4.28. The maximum Gasteiger partial charge on any atom is 0.345 e. The number of rotatable bonds is 2. The Morgan fingerprint density at radius 3 is 2.08 bits per heavy atom. The molecule has 0 unspecified atom stereocenters. The predicted molar refractivity (Wildman–Crippen MR) is 94.0 cm³/mol. The van der Waals surface area contributed by atoms with Crippen molar-refractivity contribution in [2.24, 2.45) is 7.05 Å². The van der Waals surface area contributed by atoms with Crippen molar-refractivity contribution in [3.8, 4) is 5.75 Å². The van der Waals surface area contributed by atoms with E-state index in [2.05, 4.69) is 0 Å². The molecule has 1 heterocycles. The van der Waals surface area contributed by atoms with Gasteiger partial charge in [-0.2, -0.15) is 4.57 Å². The molecule has 0 amide bonds. The highest BCUT2D eigenvalue weighted by Crippen LogP contribution is 2.26. The number of aromatic nitrogens is 1. The number of hydrogen-bond acceptors (Lipinski definition) is 2. The van der Waals surface area contributed by atoms with Gasteiger partial charge >= 0.3 is 5.97 Å². The molecule has 0 bridgehead atoms. The largest absolute Gasteiger partial charge is 0.423 e. The molecule has 0 saturated heterocycles. The number of hydrogen-bond donors (Lipinski definition) is 0. The Labute approximate surface area is 143 Å². The monoisotopic (exact) mass is 332 g/mol. The van der Waals surface area contributed by atoms with Crippen LogP contribution in [0.1, 0.15) is 10.4 Å². The van der Waals surface area contributed by atoms with E-state index in [4.69, 9.17) is 4.74 Å². The van der Waals surface area contributed by atoms with Crippen LogP contribution in [0, 0.1) is 5.82 Å². The zero-order valence-electron chi connectivity index (χ0n) is 13.6. The first kappa shape index (κ1) is 15.3. The van der Waals surface area contributed by atoms with E-state index in [1.807, 2.05) is 60.1 Å². The molecule has 122 valence electrons. The highest BCUT2D eigenvalue weighted by atomic mass is 19.1. The van der Waals surface area contributed by atoms with E-state index in [9.17, 15) is 9.18 Å². The van der Waals surface area contributed by atoms with E-state index < -0.39 is 11.8 Å². The van der Waals surface area contributed by atoms with Gasteiger partial charge in [-0.15, -0.1) is 0 Å². The predicted octanol–water partition coefficient (Wildman–Crippen LogP) is 4.18. The average molecular weight is 332 g/mol. The summed E-state index contributed by atoms with van der Waals surface area (Å²) in [7, 11) is 1.96. The van der Waals surface area contributed by atoms with Gasteiger partial charge < -0.3 is 4.74 Å². The number of esters is 1. The summed E-state index contributed by atoms with van der Waals surface area (Å²) in [5.41, 5.74) is 2.33. The van der Waals surface area contributed by atoms with Crippen LogP contribution in [0.2, 0.25) is 0 Å².